The molecule has 0 aliphatic rings. The second kappa shape index (κ2) is 5.53. The van der Waals surface area contributed by atoms with Gasteiger partial charge >= 0.3 is 0 Å². The number of rotatable bonds is 4. The van der Waals surface area contributed by atoms with Crippen LogP contribution in [-0.2, 0) is 6.42 Å². The van der Waals surface area contributed by atoms with E-state index in [1.54, 1.807) is 11.8 Å². The first-order valence-corrected chi connectivity index (χ1v) is 5.98. The lowest BCUT2D eigenvalue weighted by Gasteiger charge is -2.09. The minimum absolute atomic E-state index is 0.246. The molecule has 3 heteroatoms. The Morgan fingerprint density at radius 2 is 2.00 bits per heavy atom. The molecule has 0 heterocycles. The fourth-order valence-electron chi connectivity index (χ4n) is 1.20. The predicted molar refractivity (Wildman–Crippen MR) is 61.5 cm³/mol. The Balaban J connectivity index is 2.49. The van der Waals surface area contributed by atoms with Crippen molar-refractivity contribution in [2.75, 3.05) is 12.0 Å². The van der Waals surface area contributed by atoms with Crippen LogP contribution in [0.1, 0.15) is 5.56 Å². The first kappa shape index (κ1) is 10.9. The summed E-state index contributed by atoms with van der Waals surface area (Å²) < 4.78 is 0. The molecule has 1 nitrogen and oxygen atoms in total. The Labute approximate surface area is 88.7 Å². The summed E-state index contributed by atoms with van der Waals surface area (Å²) in [6.07, 6.45) is 3.00. The van der Waals surface area contributed by atoms with Crippen LogP contribution in [0.4, 0.5) is 0 Å². The maximum Gasteiger partial charge on any atom is 0.0406 e. The van der Waals surface area contributed by atoms with Gasteiger partial charge in [-0.2, -0.15) is 11.8 Å². The molecule has 0 fully saturated rings. The van der Waals surface area contributed by atoms with Crippen molar-refractivity contribution in [2.45, 2.75) is 12.5 Å². The first-order valence-electron chi connectivity index (χ1n) is 4.21. The second-order valence-corrected chi connectivity index (χ2v) is 4.39. The summed E-state index contributed by atoms with van der Waals surface area (Å²) in [4.78, 5) is 0. The molecule has 1 unspecified atom stereocenters. The molecule has 0 aliphatic carbocycles. The van der Waals surface area contributed by atoms with E-state index < -0.39 is 0 Å². The number of hydrogen-bond acceptors (Lipinski definition) is 2. The Kier molecular flexibility index (Phi) is 4.64. The average Bonchev–Trinajstić information content (AvgIpc) is 2.09. The van der Waals surface area contributed by atoms with Crippen LogP contribution in [0.15, 0.2) is 24.3 Å². The Morgan fingerprint density at radius 3 is 2.54 bits per heavy atom. The summed E-state index contributed by atoms with van der Waals surface area (Å²) in [6, 6.07) is 8.12. The van der Waals surface area contributed by atoms with Crippen molar-refractivity contribution in [1.82, 2.24) is 0 Å². The summed E-state index contributed by atoms with van der Waals surface area (Å²) in [5.74, 6) is 1.00. The van der Waals surface area contributed by atoms with Crippen LogP contribution >= 0.6 is 23.4 Å². The van der Waals surface area contributed by atoms with E-state index in [1.807, 2.05) is 24.3 Å². The molecule has 0 spiro atoms. The van der Waals surface area contributed by atoms with Gasteiger partial charge in [-0.3, -0.25) is 0 Å². The van der Waals surface area contributed by atoms with E-state index in [-0.39, 0.29) is 6.04 Å². The van der Waals surface area contributed by atoms with Crippen molar-refractivity contribution in [3.8, 4) is 0 Å². The van der Waals surface area contributed by atoms with Crippen molar-refractivity contribution in [1.29, 1.82) is 0 Å². The lowest BCUT2D eigenvalue weighted by Crippen LogP contribution is -2.25. The smallest absolute Gasteiger partial charge is 0.0406 e. The van der Waals surface area contributed by atoms with E-state index in [4.69, 9.17) is 17.3 Å². The monoisotopic (exact) mass is 215 g/mol. The van der Waals surface area contributed by atoms with E-state index in [0.29, 0.717) is 0 Å². The van der Waals surface area contributed by atoms with Crippen LogP contribution in [0.25, 0.3) is 0 Å². The maximum atomic E-state index is 5.90. The van der Waals surface area contributed by atoms with E-state index in [2.05, 4.69) is 6.26 Å². The number of nitrogens with two attached hydrogens (primary N) is 1. The van der Waals surface area contributed by atoms with Crippen molar-refractivity contribution in [2.24, 2.45) is 5.73 Å². The van der Waals surface area contributed by atoms with Gasteiger partial charge in [0.2, 0.25) is 0 Å². The zero-order chi connectivity index (χ0) is 9.68. The fourth-order valence-corrected chi connectivity index (χ4v) is 1.87. The molecule has 0 aromatic heterocycles. The highest BCUT2D eigenvalue weighted by atomic mass is 35.5. The molecule has 0 saturated carbocycles. The number of halogens is 1. The SMILES string of the molecule is CSCC(N)Cc1ccc(Cl)cc1. The molecule has 13 heavy (non-hydrogen) atoms. The molecule has 0 aliphatic heterocycles. The molecule has 0 amide bonds. The van der Waals surface area contributed by atoms with Crippen LogP contribution in [0.3, 0.4) is 0 Å². The van der Waals surface area contributed by atoms with Crippen LogP contribution in [0.5, 0.6) is 0 Å². The topological polar surface area (TPSA) is 26.0 Å². The zero-order valence-corrected chi connectivity index (χ0v) is 9.24. The Hall–Kier alpha value is -0.180. The second-order valence-electron chi connectivity index (χ2n) is 3.05. The highest BCUT2D eigenvalue weighted by molar-refractivity contribution is 7.98. The van der Waals surface area contributed by atoms with Crippen molar-refractivity contribution in [3.63, 3.8) is 0 Å². The Morgan fingerprint density at radius 1 is 1.38 bits per heavy atom. The van der Waals surface area contributed by atoms with Crippen LogP contribution in [0.2, 0.25) is 5.02 Å². The summed E-state index contributed by atoms with van der Waals surface area (Å²) in [6.45, 7) is 0. The molecule has 0 bridgehead atoms. The molecular formula is C10H14ClNS. The minimum atomic E-state index is 0.246. The summed E-state index contributed by atoms with van der Waals surface area (Å²) in [5, 5.41) is 0.780. The van der Waals surface area contributed by atoms with Crippen molar-refractivity contribution >= 4 is 23.4 Å². The van der Waals surface area contributed by atoms with Gasteiger partial charge in [0.05, 0.1) is 0 Å². The quantitative estimate of drug-likeness (QED) is 0.836. The third-order valence-electron chi connectivity index (χ3n) is 1.79. The average molecular weight is 216 g/mol. The summed E-state index contributed by atoms with van der Waals surface area (Å²) in [5.41, 5.74) is 7.16. The molecule has 0 radical (unpaired) electrons. The molecule has 1 aromatic carbocycles. The van der Waals surface area contributed by atoms with E-state index in [0.717, 1.165) is 17.2 Å². The molecule has 1 atom stereocenters. The third-order valence-corrected chi connectivity index (χ3v) is 2.81. The van der Waals surface area contributed by atoms with Gasteiger partial charge in [0.25, 0.3) is 0 Å². The van der Waals surface area contributed by atoms with E-state index >= 15 is 0 Å². The molecule has 1 aromatic rings. The minimum Gasteiger partial charge on any atom is -0.327 e. The highest BCUT2D eigenvalue weighted by Gasteiger charge is 2.02. The molecule has 0 saturated heterocycles. The van der Waals surface area contributed by atoms with Crippen molar-refractivity contribution in [3.05, 3.63) is 34.9 Å². The Bertz CT molecular complexity index is 248. The van der Waals surface area contributed by atoms with Gasteiger partial charge in [-0.05, 0) is 30.4 Å². The van der Waals surface area contributed by atoms with Crippen LogP contribution in [-0.4, -0.2) is 18.1 Å². The summed E-state index contributed by atoms with van der Waals surface area (Å²) in [7, 11) is 0. The van der Waals surface area contributed by atoms with Gasteiger partial charge in [0.15, 0.2) is 0 Å². The van der Waals surface area contributed by atoms with Crippen molar-refractivity contribution < 1.29 is 0 Å². The number of benzene rings is 1. The molecule has 1 rings (SSSR count). The van der Waals surface area contributed by atoms with Gasteiger partial charge in [0.1, 0.15) is 0 Å². The normalized spacial score (nSPS) is 12.8. The van der Waals surface area contributed by atoms with Gasteiger partial charge in [-0.25, -0.2) is 0 Å². The van der Waals surface area contributed by atoms with E-state index in [1.165, 1.54) is 5.56 Å². The predicted octanol–water partition coefficient (Wildman–Crippen LogP) is 2.57. The lowest BCUT2D eigenvalue weighted by atomic mass is 10.1. The van der Waals surface area contributed by atoms with Crippen LogP contribution < -0.4 is 5.73 Å². The van der Waals surface area contributed by atoms with Crippen LogP contribution in [0, 0.1) is 0 Å². The van der Waals surface area contributed by atoms with Gasteiger partial charge in [-0.15, -0.1) is 0 Å². The summed E-state index contributed by atoms with van der Waals surface area (Å²) >= 11 is 7.56. The molecule has 72 valence electrons. The van der Waals surface area contributed by atoms with Gasteiger partial charge < -0.3 is 5.73 Å². The fraction of sp³-hybridized carbons (Fsp3) is 0.400. The number of hydrogen-bond donors (Lipinski definition) is 1. The number of thioether (sulfide) groups is 1. The highest BCUT2D eigenvalue weighted by Crippen LogP contribution is 2.11. The molecular weight excluding hydrogens is 202 g/mol. The first-order chi connectivity index (χ1) is 6.22. The molecule has 2 N–H and O–H groups in total. The lowest BCUT2D eigenvalue weighted by molar-refractivity contribution is 0.749. The van der Waals surface area contributed by atoms with E-state index in [9.17, 15) is 0 Å². The standard InChI is InChI=1S/C10H14ClNS/c1-13-7-10(12)6-8-2-4-9(11)5-3-8/h2-5,10H,6-7,12H2,1H3. The largest absolute Gasteiger partial charge is 0.327 e. The third kappa shape index (κ3) is 4.03. The van der Waals surface area contributed by atoms with Gasteiger partial charge in [-0.1, -0.05) is 23.7 Å². The van der Waals surface area contributed by atoms with Gasteiger partial charge in [0, 0.05) is 16.8 Å². The maximum absolute atomic E-state index is 5.90. The zero-order valence-electron chi connectivity index (χ0n) is 7.66.